The van der Waals surface area contributed by atoms with Gasteiger partial charge < -0.3 is 73.2 Å². The summed E-state index contributed by atoms with van der Waals surface area (Å²) in [5.41, 5.74) is 3.20. The fraction of sp³-hybridized carbons (Fsp3) is 0.548. The summed E-state index contributed by atoms with van der Waals surface area (Å²) in [4.78, 5) is 59.5. The van der Waals surface area contributed by atoms with E-state index in [0.717, 1.165) is 111 Å². The molecule has 2 aliphatic rings. The average Bonchev–Trinajstić information content (AvgIpc) is 0.717. The first-order valence-corrected chi connectivity index (χ1v) is 53.6. The molecule has 754 valence electrons. The summed E-state index contributed by atoms with van der Waals surface area (Å²) in [5, 5.41) is 23.3. The molecule has 8 aromatic carbocycles. The van der Waals surface area contributed by atoms with Gasteiger partial charge in [0.2, 0.25) is 11.8 Å². The van der Waals surface area contributed by atoms with Crippen LogP contribution in [0.15, 0.2) is 243 Å². The van der Waals surface area contributed by atoms with Crippen molar-refractivity contribution in [2.75, 3.05) is 26.4 Å². The van der Waals surface area contributed by atoms with Gasteiger partial charge in [-0.25, -0.2) is 4.79 Å². The Morgan fingerprint density at radius 3 is 1.23 bits per heavy atom. The van der Waals surface area contributed by atoms with E-state index in [1.165, 1.54) is 77.0 Å². The number of hydrogen-bond acceptors (Lipinski definition) is 19. The van der Waals surface area contributed by atoms with E-state index in [-0.39, 0.29) is 91.2 Å². The van der Waals surface area contributed by atoms with Crippen molar-refractivity contribution in [1.82, 2.24) is 16.0 Å². The summed E-state index contributed by atoms with van der Waals surface area (Å²) in [6.45, 7) is 5.70. The summed E-state index contributed by atoms with van der Waals surface area (Å²) in [7, 11) is -5.41. The predicted molar refractivity (Wildman–Crippen MR) is 542 cm³/mol. The predicted octanol–water partition coefficient (Wildman–Crippen LogP) is 25.3. The maximum Gasteiger partial charge on any atom is 0.407 e. The molecule has 2 heterocycles. The van der Waals surface area contributed by atoms with Crippen molar-refractivity contribution >= 4 is 31.5 Å². The van der Waals surface area contributed by atoms with Gasteiger partial charge in [0.15, 0.2) is 6.29 Å². The van der Waals surface area contributed by atoms with Gasteiger partial charge in [0.05, 0.1) is 78.4 Å². The molecular formula is C115H160N3O19P. The summed E-state index contributed by atoms with van der Waals surface area (Å²) < 4.78 is 110. The molecule has 0 aliphatic carbocycles. The third kappa shape index (κ3) is 41.8. The smallest absolute Gasteiger partial charge is 0.407 e. The van der Waals surface area contributed by atoms with Crippen LogP contribution >= 0.6 is 7.60 Å². The Bertz CT molecular complexity index is 4500. The zero-order valence-corrected chi connectivity index (χ0v) is 83.5. The summed E-state index contributed by atoms with van der Waals surface area (Å²) in [6, 6.07) is 73.2. The maximum absolute atomic E-state index is 18.4. The quantitative estimate of drug-likeness (QED) is 0.0157. The zero-order valence-electron chi connectivity index (χ0n) is 82.6. The summed E-state index contributed by atoms with van der Waals surface area (Å²) in [6.07, 6.45) is 20.4. The standard InChI is InChI=1S/C115H160N3O19P/c1-4-7-10-13-16-19-22-25-54-75-100(127-83-93-61-40-31-41-62-93)80-104(119)117-107-110(129-85-95-65-44-33-45-66-95)109(128-84-94-63-42-32-43-64-94)103(136-113(107)126-79-58-29-28-57-78-116-114(123)131-87-97-69-48-35-49-70-97)91-132-115(138(124,133-88-98-71-50-36-51-72-98)134-89-99-73-52-37-53-74-99)112(111(130-86-96-67-46-34-47-68-96)108(122)102(137-115)90-125-82-92-59-38-30-39-60-92)118-105(120)81-101(76-55-26-23-20-17-14-11-8-5-2)135-106(121)77-56-27-24-21-18-15-12-9-6-3/h30-53,59-74,100-103,107-113,122H,4-29,54-58,75-91H2,1-3H3,(H,116,123)(H,117,119)(H,118,120)/t100-,101-,102-,103-,107-,108+,109-,110-,111+,112-,113-,115+/m1/s1. The van der Waals surface area contributed by atoms with Gasteiger partial charge in [0.25, 0.3) is 5.53 Å². The van der Waals surface area contributed by atoms with E-state index in [1.807, 2.05) is 243 Å². The van der Waals surface area contributed by atoms with Crippen LogP contribution in [0.2, 0.25) is 0 Å². The Labute approximate surface area is 823 Å². The number of benzene rings is 8. The number of aliphatic hydroxyl groups excluding tert-OH is 1. The third-order valence-corrected chi connectivity index (χ3v) is 27.9. The van der Waals surface area contributed by atoms with Crippen molar-refractivity contribution in [2.45, 2.75) is 378 Å². The first-order chi connectivity index (χ1) is 67.8. The van der Waals surface area contributed by atoms with Crippen LogP contribution in [0.1, 0.15) is 296 Å². The third-order valence-electron chi connectivity index (χ3n) is 25.7. The van der Waals surface area contributed by atoms with E-state index in [4.69, 9.17) is 61.2 Å². The van der Waals surface area contributed by atoms with E-state index in [0.29, 0.717) is 74.6 Å². The van der Waals surface area contributed by atoms with Crippen molar-refractivity contribution in [3.8, 4) is 0 Å². The van der Waals surface area contributed by atoms with Gasteiger partial charge in [-0.2, -0.15) is 0 Å². The Morgan fingerprint density at radius 1 is 0.384 bits per heavy atom. The average molecular weight is 1920 g/mol. The fourth-order valence-electron chi connectivity index (χ4n) is 17.8. The fourth-order valence-corrected chi connectivity index (χ4v) is 19.9. The second-order valence-corrected chi connectivity index (χ2v) is 39.2. The van der Waals surface area contributed by atoms with E-state index >= 15 is 14.2 Å². The highest BCUT2D eigenvalue weighted by molar-refractivity contribution is 7.55. The highest BCUT2D eigenvalue weighted by Gasteiger charge is 2.69. The highest BCUT2D eigenvalue weighted by Crippen LogP contribution is 2.66. The summed E-state index contributed by atoms with van der Waals surface area (Å²) >= 11 is 0. The number of carbonyl (C=O) groups excluding carboxylic acids is 4. The molecule has 2 fully saturated rings. The van der Waals surface area contributed by atoms with Crippen LogP contribution in [0.3, 0.4) is 0 Å². The van der Waals surface area contributed by atoms with Crippen molar-refractivity contribution in [1.29, 1.82) is 0 Å². The molecule has 2 saturated heterocycles. The number of nitrogens with one attached hydrogen (secondary N) is 3. The number of carbonyl (C=O) groups is 4. The number of alkyl carbamates (subject to hydrolysis) is 1. The SMILES string of the molecule is CCCCCCCCCCCC(=O)O[C@H](CCCCCCCCCCC)CC(=O)N[C@@H]1[C@@H](OCc2ccccc2)[C@@H](O)[C@@H](COCc2ccccc2)O[C@]1(OC[C@H]1O[C@@H](OCCCCCCNC(=O)OCc2ccccc2)[C@H](NC(=O)C[C@@H](CCCCCCCCCCC)OCc2ccccc2)[C@@H](OCc2ccccc2)[C@@H]1OCc1ccccc1)P(=O)(OCc1ccccc1)OCc1ccccc1. The van der Waals surface area contributed by atoms with Crippen molar-refractivity contribution in [2.24, 2.45) is 0 Å². The number of hydrogen-bond donors (Lipinski definition) is 4. The largest absolute Gasteiger partial charge is 0.462 e. The van der Waals surface area contributed by atoms with Crippen LogP contribution in [0, 0.1) is 0 Å². The minimum Gasteiger partial charge on any atom is -0.462 e. The monoisotopic (exact) mass is 1920 g/mol. The first-order valence-electron chi connectivity index (χ1n) is 52.0. The Kier molecular flexibility index (Phi) is 53.8. The molecule has 138 heavy (non-hydrogen) atoms. The van der Waals surface area contributed by atoms with Crippen molar-refractivity contribution in [3.05, 3.63) is 287 Å². The normalized spacial score (nSPS) is 19.2. The van der Waals surface area contributed by atoms with Crippen LogP contribution in [0.25, 0.3) is 0 Å². The lowest BCUT2D eigenvalue weighted by Gasteiger charge is -2.53. The molecule has 8 aromatic rings. The van der Waals surface area contributed by atoms with Crippen molar-refractivity contribution < 1.29 is 90.0 Å². The Hall–Kier alpha value is -8.81. The molecule has 0 saturated carbocycles. The van der Waals surface area contributed by atoms with E-state index in [2.05, 4.69) is 36.7 Å². The van der Waals surface area contributed by atoms with Crippen molar-refractivity contribution in [3.63, 3.8) is 0 Å². The molecule has 0 aromatic heterocycles. The second kappa shape index (κ2) is 66.8. The van der Waals surface area contributed by atoms with E-state index < -0.39 is 105 Å². The number of unbranched alkanes of at least 4 members (excludes halogenated alkanes) is 27. The Balaban J connectivity index is 1.09. The topological polar surface area (TPSA) is 262 Å². The van der Waals surface area contributed by atoms with Gasteiger partial charge in [-0.1, -0.05) is 437 Å². The Morgan fingerprint density at radius 2 is 0.761 bits per heavy atom. The van der Waals surface area contributed by atoms with Gasteiger partial charge >= 0.3 is 19.7 Å². The van der Waals surface area contributed by atoms with E-state index in [1.54, 1.807) is 0 Å². The minimum atomic E-state index is -5.41. The van der Waals surface area contributed by atoms with Gasteiger partial charge in [0, 0.05) is 19.6 Å². The first kappa shape index (κ1) is 111. The summed E-state index contributed by atoms with van der Waals surface area (Å²) in [5.74, 6) is -1.44. The molecule has 2 aliphatic heterocycles. The molecule has 0 radical (unpaired) electrons. The molecule has 10 rings (SSSR count). The highest BCUT2D eigenvalue weighted by atomic mass is 31.2. The number of esters is 1. The number of rotatable bonds is 73. The molecular weight excluding hydrogens is 1760 g/mol. The minimum absolute atomic E-state index is 0.00724. The second-order valence-electron chi connectivity index (χ2n) is 37.1. The van der Waals surface area contributed by atoms with Gasteiger partial charge in [0.1, 0.15) is 61.4 Å². The van der Waals surface area contributed by atoms with Crippen LogP contribution in [-0.4, -0.2) is 128 Å². The molecule has 23 heteroatoms. The number of aliphatic hydroxyl groups is 1. The lowest BCUT2D eigenvalue weighted by Crippen LogP contribution is -2.72. The molecule has 4 N–H and O–H groups in total. The molecule has 0 spiro atoms. The van der Waals surface area contributed by atoms with Gasteiger partial charge in [-0.15, -0.1) is 0 Å². The van der Waals surface area contributed by atoms with Gasteiger partial charge in [-0.05, 0) is 83.0 Å². The number of amides is 3. The van der Waals surface area contributed by atoms with Crippen LogP contribution < -0.4 is 16.0 Å². The lowest BCUT2D eigenvalue weighted by molar-refractivity contribution is -0.334. The molecule has 0 bridgehead atoms. The van der Waals surface area contributed by atoms with Crippen LogP contribution in [0.4, 0.5) is 4.79 Å². The van der Waals surface area contributed by atoms with Crippen LogP contribution in [-0.2, 0) is 133 Å². The molecule has 0 unspecified atom stereocenters. The molecule has 3 amide bonds. The number of ether oxygens (including phenoxy) is 11. The van der Waals surface area contributed by atoms with Gasteiger partial charge in [-0.3, -0.25) is 28.0 Å². The maximum atomic E-state index is 18.4. The zero-order chi connectivity index (χ0) is 96.8. The van der Waals surface area contributed by atoms with E-state index in [9.17, 15) is 14.7 Å². The lowest BCUT2D eigenvalue weighted by atomic mass is 9.94. The van der Waals surface area contributed by atoms with Crippen LogP contribution in [0.5, 0.6) is 0 Å². The molecule has 22 nitrogen and oxygen atoms in total. The molecule has 12 atom stereocenters.